The largest absolute Gasteiger partial charge is 0.451 e. The first-order valence-corrected chi connectivity index (χ1v) is 10.5. The number of sulfonamides is 1. The van der Waals surface area contributed by atoms with E-state index in [1.165, 1.54) is 46.1 Å². The summed E-state index contributed by atoms with van der Waals surface area (Å²) in [5.41, 5.74) is 0.406. The number of hydrogen-bond donors (Lipinski definition) is 1. The van der Waals surface area contributed by atoms with Crippen LogP contribution in [0.4, 0.5) is 5.69 Å². The Morgan fingerprint density at radius 3 is 2.33 bits per heavy atom. The number of aryl methyl sites for hydroxylation is 1. The fraction of sp³-hybridized carbons (Fsp3) is 0.353. The lowest BCUT2D eigenvalue weighted by Gasteiger charge is -2.18. The summed E-state index contributed by atoms with van der Waals surface area (Å²) in [6.07, 6.45) is 1.40. The summed E-state index contributed by atoms with van der Waals surface area (Å²) < 4.78 is 31.1. The van der Waals surface area contributed by atoms with Gasteiger partial charge in [-0.2, -0.15) is 4.31 Å². The van der Waals surface area contributed by atoms with Gasteiger partial charge in [0.15, 0.2) is 6.61 Å². The molecule has 0 spiro atoms. The summed E-state index contributed by atoms with van der Waals surface area (Å²) in [6, 6.07) is 5.83. The maximum Gasteiger partial charge on any atom is 0.350 e. The van der Waals surface area contributed by atoms with E-state index in [9.17, 15) is 18.0 Å². The van der Waals surface area contributed by atoms with E-state index in [0.29, 0.717) is 23.7 Å². The van der Waals surface area contributed by atoms with Crippen LogP contribution in [0.15, 0.2) is 35.4 Å². The van der Waals surface area contributed by atoms with Crippen molar-refractivity contribution in [1.82, 2.24) is 9.29 Å². The van der Waals surface area contributed by atoms with Crippen LogP contribution in [0.5, 0.6) is 0 Å². The predicted octanol–water partition coefficient (Wildman–Crippen LogP) is 2.28. The molecule has 10 heteroatoms. The Morgan fingerprint density at radius 1 is 1.19 bits per heavy atom. The lowest BCUT2D eigenvalue weighted by Crippen LogP contribution is -2.30. The van der Waals surface area contributed by atoms with Crippen LogP contribution in [0.3, 0.4) is 0 Å². The number of rotatable bonds is 8. The highest BCUT2D eigenvalue weighted by Crippen LogP contribution is 2.18. The molecule has 0 aliphatic rings. The maximum atomic E-state index is 12.4. The van der Waals surface area contributed by atoms with Crippen LogP contribution in [0.25, 0.3) is 0 Å². The number of carbonyl (C=O) groups excluding carboxylic acids is 2. The van der Waals surface area contributed by atoms with Gasteiger partial charge in [-0.1, -0.05) is 13.8 Å². The number of hydrogen-bond acceptors (Lipinski definition) is 7. The molecular weight excluding hydrogens is 390 g/mol. The molecule has 1 amide bonds. The second-order valence-corrected chi connectivity index (χ2v) is 8.65. The molecule has 0 atom stereocenters. The molecule has 27 heavy (non-hydrogen) atoms. The Hall–Kier alpha value is -2.30. The molecule has 146 valence electrons. The third-order valence-electron chi connectivity index (χ3n) is 3.64. The second-order valence-electron chi connectivity index (χ2n) is 5.48. The smallest absolute Gasteiger partial charge is 0.350 e. The first kappa shape index (κ1) is 21.0. The number of ether oxygens (including phenoxy) is 1. The van der Waals surface area contributed by atoms with Crippen molar-refractivity contribution in [2.45, 2.75) is 25.7 Å². The Morgan fingerprint density at radius 2 is 1.81 bits per heavy atom. The molecule has 1 N–H and O–H groups in total. The minimum atomic E-state index is -3.55. The molecule has 0 bridgehead atoms. The van der Waals surface area contributed by atoms with Gasteiger partial charge in [-0.15, -0.1) is 11.3 Å². The molecule has 0 aliphatic heterocycles. The van der Waals surface area contributed by atoms with Gasteiger partial charge < -0.3 is 10.1 Å². The predicted molar refractivity (Wildman–Crippen MR) is 102 cm³/mol. The van der Waals surface area contributed by atoms with Crippen LogP contribution in [-0.4, -0.2) is 49.3 Å². The van der Waals surface area contributed by atoms with Crippen molar-refractivity contribution >= 4 is 38.9 Å². The third-order valence-corrected chi connectivity index (χ3v) is 6.60. The quantitative estimate of drug-likeness (QED) is 0.668. The van der Waals surface area contributed by atoms with Crippen molar-refractivity contribution < 1.29 is 22.7 Å². The van der Waals surface area contributed by atoms with E-state index in [-0.39, 0.29) is 4.90 Å². The lowest BCUT2D eigenvalue weighted by molar-refractivity contribution is -0.119. The molecule has 0 radical (unpaired) electrons. The number of nitrogens with one attached hydrogen (secondary N) is 1. The Labute approximate surface area is 162 Å². The highest BCUT2D eigenvalue weighted by molar-refractivity contribution is 7.89. The molecule has 8 nitrogen and oxygen atoms in total. The molecule has 1 heterocycles. The van der Waals surface area contributed by atoms with E-state index < -0.39 is 28.5 Å². The maximum absolute atomic E-state index is 12.4. The van der Waals surface area contributed by atoms with Gasteiger partial charge in [-0.3, -0.25) is 4.79 Å². The van der Waals surface area contributed by atoms with Crippen LogP contribution in [-0.2, 0) is 19.6 Å². The summed E-state index contributed by atoms with van der Waals surface area (Å²) in [7, 11) is -3.55. The lowest BCUT2D eigenvalue weighted by atomic mass is 10.3. The minimum Gasteiger partial charge on any atom is -0.451 e. The first-order valence-electron chi connectivity index (χ1n) is 8.27. The van der Waals surface area contributed by atoms with Crippen molar-refractivity contribution in [3.05, 3.63) is 40.3 Å². The van der Waals surface area contributed by atoms with Crippen LogP contribution in [0, 0.1) is 6.92 Å². The van der Waals surface area contributed by atoms with Gasteiger partial charge in [0.2, 0.25) is 10.0 Å². The Bertz CT molecular complexity index is 903. The number of carbonyl (C=O) groups is 2. The van der Waals surface area contributed by atoms with E-state index in [2.05, 4.69) is 10.3 Å². The zero-order chi connectivity index (χ0) is 20.0. The van der Waals surface area contributed by atoms with Gasteiger partial charge in [-0.25, -0.2) is 18.2 Å². The normalized spacial score (nSPS) is 11.4. The average molecular weight is 412 g/mol. The summed E-state index contributed by atoms with van der Waals surface area (Å²) in [5.74, 6) is -1.14. The van der Waals surface area contributed by atoms with Crippen LogP contribution < -0.4 is 5.32 Å². The highest BCUT2D eigenvalue weighted by atomic mass is 32.2. The Balaban J connectivity index is 1.94. The summed E-state index contributed by atoms with van der Waals surface area (Å²) in [6.45, 7) is 5.60. The second kappa shape index (κ2) is 9.07. The zero-order valence-corrected chi connectivity index (χ0v) is 16.9. The summed E-state index contributed by atoms with van der Waals surface area (Å²) >= 11 is 1.18. The van der Waals surface area contributed by atoms with Crippen molar-refractivity contribution in [2.75, 3.05) is 25.0 Å². The topological polar surface area (TPSA) is 106 Å². The van der Waals surface area contributed by atoms with Crippen molar-refractivity contribution in [3.8, 4) is 0 Å². The summed E-state index contributed by atoms with van der Waals surface area (Å²) in [5, 5.41) is 3.28. The Kier molecular flexibility index (Phi) is 7.05. The standard InChI is InChI=1S/C17H21N3O5S2/c1-4-20(5-2)27(23,24)14-8-6-13(7-9-14)19-16(21)11-25-17(22)15-10-18-12(3)26-15/h6-10H,4-5,11H2,1-3H3,(H,19,21). The molecule has 1 aromatic carbocycles. The number of aromatic nitrogens is 1. The molecule has 2 aromatic rings. The van der Waals surface area contributed by atoms with E-state index in [1.54, 1.807) is 20.8 Å². The minimum absolute atomic E-state index is 0.149. The number of nitrogens with zero attached hydrogens (tertiary/aromatic N) is 2. The third kappa shape index (κ3) is 5.34. The van der Waals surface area contributed by atoms with Crippen molar-refractivity contribution in [3.63, 3.8) is 0 Å². The highest BCUT2D eigenvalue weighted by Gasteiger charge is 2.21. The van der Waals surface area contributed by atoms with Gasteiger partial charge in [0.1, 0.15) is 4.88 Å². The number of thiazole rings is 1. The number of benzene rings is 1. The van der Waals surface area contributed by atoms with Crippen molar-refractivity contribution in [1.29, 1.82) is 0 Å². The number of esters is 1. The van der Waals surface area contributed by atoms with Gasteiger partial charge >= 0.3 is 5.97 Å². The van der Waals surface area contributed by atoms with E-state index in [0.717, 1.165) is 5.01 Å². The zero-order valence-electron chi connectivity index (χ0n) is 15.3. The molecular formula is C17H21N3O5S2. The van der Waals surface area contributed by atoms with Gasteiger partial charge in [-0.05, 0) is 31.2 Å². The number of amides is 1. The molecule has 0 unspecified atom stereocenters. The number of anilines is 1. The average Bonchev–Trinajstić information content (AvgIpc) is 3.07. The van der Waals surface area contributed by atoms with Gasteiger partial charge in [0, 0.05) is 18.8 Å². The molecule has 0 saturated heterocycles. The summed E-state index contributed by atoms with van der Waals surface area (Å²) in [4.78, 5) is 28.1. The molecule has 0 aliphatic carbocycles. The van der Waals surface area contributed by atoms with Crippen LogP contribution in [0.1, 0.15) is 28.5 Å². The van der Waals surface area contributed by atoms with Gasteiger partial charge in [0.05, 0.1) is 16.1 Å². The fourth-order valence-corrected chi connectivity index (χ4v) is 4.41. The SMILES string of the molecule is CCN(CC)S(=O)(=O)c1ccc(NC(=O)COC(=O)c2cnc(C)s2)cc1. The van der Waals surface area contributed by atoms with Crippen LogP contribution >= 0.6 is 11.3 Å². The van der Waals surface area contributed by atoms with Gasteiger partial charge in [0.25, 0.3) is 5.91 Å². The molecule has 0 fully saturated rings. The van der Waals surface area contributed by atoms with E-state index in [1.807, 2.05) is 0 Å². The molecule has 0 saturated carbocycles. The molecule has 2 rings (SSSR count). The fourth-order valence-electron chi connectivity index (χ4n) is 2.28. The monoisotopic (exact) mass is 411 g/mol. The van der Waals surface area contributed by atoms with E-state index >= 15 is 0 Å². The van der Waals surface area contributed by atoms with Crippen LogP contribution in [0.2, 0.25) is 0 Å². The van der Waals surface area contributed by atoms with Crippen molar-refractivity contribution in [2.24, 2.45) is 0 Å². The molecule has 1 aromatic heterocycles. The van der Waals surface area contributed by atoms with E-state index in [4.69, 9.17) is 4.74 Å². The first-order chi connectivity index (χ1) is 12.8.